The Hall–Kier alpha value is -2.28. The molecule has 8 nitrogen and oxygen atoms in total. The Morgan fingerprint density at radius 3 is 0.704 bits per heavy atom. The van der Waals surface area contributed by atoms with Gasteiger partial charge in [0.25, 0.3) is 0 Å². The van der Waals surface area contributed by atoms with E-state index >= 15 is 0 Å². The smallest absolute Gasteiger partial charge is 0.210 e. The molecule has 0 aliphatic heterocycles. The zero-order chi connectivity index (χ0) is 37.2. The third kappa shape index (κ3) is 5.88. The summed E-state index contributed by atoms with van der Waals surface area (Å²) in [6.07, 6.45) is 0. The van der Waals surface area contributed by atoms with Gasteiger partial charge in [0.15, 0.2) is 0 Å². The van der Waals surface area contributed by atoms with Crippen LogP contribution in [0.4, 0.5) is 0 Å². The van der Waals surface area contributed by atoms with Crippen molar-refractivity contribution in [1.29, 1.82) is 0 Å². The summed E-state index contributed by atoms with van der Waals surface area (Å²) in [7, 11) is 0. The van der Waals surface area contributed by atoms with E-state index in [-0.39, 0.29) is 0 Å². The van der Waals surface area contributed by atoms with Crippen LogP contribution >= 0.6 is 0 Å². The number of imidazole rings is 4. The van der Waals surface area contributed by atoms with Crippen LogP contribution in [0.3, 0.4) is 0 Å². The van der Waals surface area contributed by atoms with E-state index in [2.05, 4.69) is 223 Å². The molecular formula is C38H16Al8N8. The van der Waals surface area contributed by atoms with Gasteiger partial charge in [-0.1, -0.05) is 85.0 Å². The molecule has 0 fully saturated rings. The summed E-state index contributed by atoms with van der Waals surface area (Å²) < 4.78 is 7.31. The van der Waals surface area contributed by atoms with E-state index in [4.69, 9.17) is 19.9 Å². The molecule has 0 amide bonds. The Morgan fingerprint density at radius 2 is 0.519 bits per heavy atom. The number of fused-ring (bicyclic) bond motifs is 11. The minimum absolute atomic E-state index is 0.823. The first kappa shape index (κ1) is 36.1. The average molecular weight is 800 g/mol. The first-order chi connectivity index (χ1) is 26.0. The van der Waals surface area contributed by atoms with Crippen molar-refractivity contribution < 1.29 is 0 Å². The van der Waals surface area contributed by atoms with E-state index < -0.39 is 0 Å². The van der Waals surface area contributed by atoms with Gasteiger partial charge < -0.3 is 19.9 Å². The maximum absolute atomic E-state index is 4.83. The van der Waals surface area contributed by atoms with Gasteiger partial charge in [-0.25, -0.2) is 0 Å². The third-order valence-corrected chi connectivity index (χ3v) is 15.0. The minimum atomic E-state index is 0.823. The second-order valence-corrected chi connectivity index (χ2v) is 17.8. The largest absolute Gasteiger partial charge is 0.362 e. The molecule has 4 N–H and O–H groups in total. The van der Waals surface area contributed by atoms with Crippen LogP contribution in [-0.2, 0) is 0 Å². The SMILES string of the molecule is [Al][c]1nc(-c2ccc3c(c2)c2cc(-c4n[c]([Al])[c]([Al])[nH]4)ccc2c2c4ccc(-c5n[c]([Al])[c]([Al])[nH]5)cc4c4cc(-c5n[c]([Al])[c]([Al])[nH]5)ccc4c32)[nH][c]1[Al]. The fourth-order valence-corrected chi connectivity index (χ4v) is 9.12. The van der Waals surface area contributed by atoms with Gasteiger partial charge in [0.2, 0.25) is 130 Å². The van der Waals surface area contributed by atoms with E-state index in [1.54, 1.807) is 0 Å². The van der Waals surface area contributed by atoms with Gasteiger partial charge in [0.1, 0.15) is 23.3 Å². The fraction of sp³-hybridized carbons (Fsp3) is 0. The summed E-state index contributed by atoms with van der Waals surface area (Å²) in [5.41, 5.74) is 4.06. The first-order valence-corrected chi connectivity index (χ1v) is 21.4. The van der Waals surface area contributed by atoms with Crippen molar-refractivity contribution in [3.05, 3.63) is 72.8 Å². The van der Waals surface area contributed by atoms with Crippen molar-refractivity contribution in [2.75, 3.05) is 0 Å². The summed E-state index contributed by atoms with van der Waals surface area (Å²) >= 11 is 21.8. The Morgan fingerprint density at radius 1 is 0.296 bits per heavy atom. The Kier molecular flexibility index (Phi) is 9.15. The molecule has 6 aromatic carbocycles. The molecule has 0 bridgehead atoms. The fourth-order valence-electron chi connectivity index (χ4n) is 7.51. The minimum Gasteiger partial charge on any atom is -0.362 e. The molecule has 0 atom stereocenters. The highest BCUT2D eigenvalue weighted by Gasteiger charge is 2.20. The number of nitrogens with zero attached hydrogens (tertiary/aromatic N) is 4. The summed E-state index contributed by atoms with van der Waals surface area (Å²) in [4.78, 5) is 33.1. The van der Waals surface area contributed by atoms with Gasteiger partial charge in [-0.15, -0.1) is 0 Å². The summed E-state index contributed by atoms with van der Waals surface area (Å²) in [5.74, 6) is 3.29. The van der Waals surface area contributed by atoms with Crippen molar-refractivity contribution in [3.63, 3.8) is 0 Å². The zero-order valence-corrected chi connectivity index (χ0v) is 37.6. The van der Waals surface area contributed by atoms with Crippen LogP contribution in [-0.4, -0.2) is 170 Å². The van der Waals surface area contributed by atoms with Gasteiger partial charge in [-0.3, -0.25) is 19.9 Å². The second kappa shape index (κ2) is 13.7. The van der Waals surface area contributed by atoms with Crippen LogP contribution in [0.5, 0.6) is 0 Å². The van der Waals surface area contributed by atoms with Gasteiger partial charge in [0.05, 0.1) is 0 Å². The van der Waals surface area contributed by atoms with Gasteiger partial charge in [-0.05, 0) is 78.1 Å². The molecule has 0 unspecified atom stereocenters. The molecule has 0 saturated heterocycles. The molecule has 0 saturated carbocycles. The van der Waals surface area contributed by atoms with Gasteiger partial charge in [-0.2, -0.15) is 0 Å². The highest BCUT2D eigenvalue weighted by molar-refractivity contribution is 6.48. The Labute approximate surface area is 374 Å². The number of rotatable bonds is 4. The lowest BCUT2D eigenvalue weighted by molar-refractivity contribution is 1.33. The third-order valence-electron chi connectivity index (χ3n) is 10.1. The lowest BCUT2D eigenvalue weighted by Gasteiger charge is -2.18. The number of aromatic amines is 4. The lowest BCUT2D eigenvalue weighted by Crippen LogP contribution is -2.24. The van der Waals surface area contributed by atoms with E-state index in [1.807, 2.05) is 0 Å². The van der Waals surface area contributed by atoms with Crippen molar-refractivity contribution in [3.8, 4) is 45.6 Å². The van der Waals surface area contributed by atoms with Gasteiger partial charge in [0, 0.05) is 22.3 Å². The van der Waals surface area contributed by atoms with E-state index in [0.29, 0.717) is 0 Å². The van der Waals surface area contributed by atoms with Crippen LogP contribution in [0.25, 0.3) is 99.4 Å². The van der Waals surface area contributed by atoms with Crippen molar-refractivity contribution in [2.45, 2.75) is 0 Å². The zero-order valence-electron chi connectivity index (χ0n) is 28.3. The highest BCUT2D eigenvalue weighted by atomic mass is 27.1. The molecule has 232 valence electrons. The van der Waals surface area contributed by atoms with E-state index in [9.17, 15) is 0 Å². The summed E-state index contributed by atoms with van der Waals surface area (Å²) in [6, 6.07) is 26.8. The summed E-state index contributed by atoms with van der Waals surface area (Å²) in [5, 5.41) is 11.6. The van der Waals surface area contributed by atoms with Crippen molar-refractivity contribution in [2.24, 2.45) is 0 Å². The molecule has 10 rings (SSSR count). The average Bonchev–Trinajstić information content (AvgIpc) is 3.91. The standard InChI is InChI=1S/C38H16N8.8Al/c1-5-25-29(17-21(1)35-39-9-10-40-35)30-18-22(36-41-11-12-42-36)3-7-27(30)34-28-8-4-24(38-45-15-16-46-38)20-32(28)31-19-23(37-43-13-14-44-37)2-6-26(31)33(25)34;;;;;;;;/h1-8,17-20H,(H,39,40)(H,41,42)(H,43,44)(H,45,46);;;;;;;;. The predicted octanol–water partition coefficient (Wildman–Crippen LogP) is -0.637. The topological polar surface area (TPSA) is 115 Å². The number of hydrogen-bond donors (Lipinski definition) is 4. The number of aromatic nitrogens is 8. The molecule has 16 radical (unpaired) electrons. The normalized spacial score (nSPS) is 11.9. The molecular weight excluding hydrogens is 784 g/mol. The quantitative estimate of drug-likeness (QED) is 0.140. The van der Waals surface area contributed by atoms with E-state index in [0.717, 1.165) is 125 Å². The molecule has 0 aliphatic carbocycles. The molecule has 4 aromatic heterocycles. The Balaban J connectivity index is 1.37. The molecule has 0 aliphatic rings. The Bertz CT molecular complexity index is 2730. The maximum Gasteiger partial charge on any atom is 0.210 e. The molecule has 54 heavy (non-hydrogen) atoms. The number of benzene rings is 6. The maximum atomic E-state index is 4.83. The number of H-pyrrole nitrogens is 4. The van der Waals surface area contributed by atoms with Crippen molar-refractivity contribution in [1.82, 2.24) is 39.9 Å². The molecule has 0 spiro atoms. The van der Waals surface area contributed by atoms with E-state index in [1.165, 1.54) is 10.8 Å². The van der Waals surface area contributed by atoms with Crippen LogP contribution in [0.1, 0.15) is 0 Å². The molecule has 4 heterocycles. The second-order valence-electron chi connectivity index (χ2n) is 13.3. The van der Waals surface area contributed by atoms with Crippen molar-refractivity contribution >= 4 is 221 Å². The van der Waals surface area contributed by atoms with Gasteiger partial charge >= 0.3 is 0 Å². The number of hydrogen-bond acceptors (Lipinski definition) is 4. The lowest BCUT2D eigenvalue weighted by atomic mass is 9.85. The first-order valence-electron chi connectivity index (χ1n) is 16.8. The van der Waals surface area contributed by atoms with Crippen LogP contribution < -0.4 is 36.4 Å². The van der Waals surface area contributed by atoms with Crippen LogP contribution in [0, 0.1) is 0 Å². The molecule has 10 aromatic rings. The van der Waals surface area contributed by atoms with Crippen LogP contribution in [0.15, 0.2) is 72.8 Å². The monoisotopic (exact) mass is 800 g/mol. The van der Waals surface area contributed by atoms with Crippen LogP contribution in [0.2, 0.25) is 0 Å². The number of nitrogens with one attached hydrogen (secondary N) is 4. The predicted molar refractivity (Wildman–Crippen MR) is 227 cm³/mol. The summed E-state index contributed by atoms with van der Waals surface area (Å²) in [6.45, 7) is 0. The highest BCUT2D eigenvalue weighted by Crippen LogP contribution is 2.46. The molecule has 16 heteroatoms.